The monoisotopic (exact) mass is 183 g/mol. The zero-order valence-electron chi connectivity index (χ0n) is 7.49. The summed E-state index contributed by atoms with van der Waals surface area (Å²) >= 11 is 0. The molecule has 0 bridgehead atoms. The molecular formula is C8H13N3O2. The standard InChI is InChI=1S/C8H13N3O2/c1-4(12)8-2-5(8)3-11(6(8)9)7(10)13/h5-6H,2-3,9H2,1H3,(H2,10,13). The molecule has 1 saturated carbocycles. The van der Waals surface area contributed by atoms with Gasteiger partial charge in [-0.1, -0.05) is 0 Å². The van der Waals surface area contributed by atoms with Gasteiger partial charge in [-0.05, 0) is 19.3 Å². The van der Waals surface area contributed by atoms with E-state index in [4.69, 9.17) is 11.5 Å². The Balaban J connectivity index is 2.23. The Morgan fingerprint density at radius 2 is 2.15 bits per heavy atom. The molecule has 2 amide bonds. The third-order valence-corrected chi connectivity index (χ3v) is 3.37. The van der Waals surface area contributed by atoms with Crippen LogP contribution in [-0.2, 0) is 4.79 Å². The Labute approximate surface area is 76.0 Å². The maximum absolute atomic E-state index is 11.3. The predicted octanol–water partition coefficient (Wildman–Crippen LogP) is -0.739. The molecule has 2 rings (SSSR count). The molecule has 13 heavy (non-hydrogen) atoms. The van der Waals surface area contributed by atoms with Crippen LogP contribution in [0.5, 0.6) is 0 Å². The predicted molar refractivity (Wildman–Crippen MR) is 45.5 cm³/mol. The van der Waals surface area contributed by atoms with Crippen molar-refractivity contribution in [2.45, 2.75) is 19.5 Å². The molecular weight excluding hydrogens is 170 g/mol. The lowest BCUT2D eigenvalue weighted by Crippen LogP contribution is -2.50. The molecule has 0 aromatic rings. The number of urea groups is 1. The lowest BCUT2D eigenvalue weighted by atomic mass is 9.98. The zero-order chi connectivity index (χ0) is 9.80. The first kappa shape index (κ1) is 8.50. The number of carbonyl (C=O) groups excluding carboxylic acids is 2. The van der Waals surface area contributed by atoms with Crippen molar-refractivity contribution in [3.63, 3.8) is 0 Å². The average Bonchev–Trinajstić information content (AvgIpc) is 2.68. The van der Waals surface area contributed by atoms with Crippen molar-refractivity contribution in [1.29, 1.82) is 0 Å². The molecule has 5 heteroatoms. The number of hydrogen-bond acceptors (Lipinski definition) is 3. The fraction of sp³-hybridized carbons (Fsp3) is 0.750. The molecule has 3 atom stereocenters. The average molecular weight is 183 g/mol. The van der Waals surface area contributed by atoms with Gasteiger partial charge in [-0.2, -0.15) is 0 Å². The van der Waals surface area contributed by atoms with E-state index >= 15 is 0 Å². The van der Waals surface area contributed by atoms with E-state index in [0.29, 0.717) is 6.54 Å². The number of carbonyl (C=O) groups is 2. The SMILES string of the molecule is CC(=O)C12CC1CN(C(N)=O)C2N. The van der Waals surface area contributed by atoms with Crippen molar-refractivity contribution in [3.05, 3.63) is 0 Å². The highest BCUT2D eigenvalue weighted by molar-refractivity contribution is 5.88. The minimum Gasteiger partial charge on any atom is -0.351 e. The van der Waals surface area contributed by atoms with Crippen LogP contribution in [-0.4, -0.2) is 29.4 Å². The lowest BCUT2D eigenvalue weighted by molar-refractivity contribution is -0.123. The topological polar surface area (TPSA) is 89.4 Å². The summed E-state index contributed by atoms with van der Waals surface area (Å²) in [6.45, 7) is 2.07. The van der Waals surface area contributed by atoms with Gasteiger partial charge < -0.3 is 16.4 Å². The molecule has 1 saturated heterocycles. The fourth-order valence-electron chi connectivity index (χ4n) is 2.43. The summed E-state index contributed by atoms with van der Waals surface area (Å²) in [6.07, 6.45) is 0.306. The van der Waals surface area contributed by atoms with Crippen molar-refractivity contribution in [2.24, 2.45) is 22.8 Å². The van der Waals surface area contributed by atoms with Gasteiger partial charge in [0.1, 0.15) is 5.78 Å². The first-order valence-electron chi connectivity index (χ1n) is 4.33. The van der Waals surface area contributed by atoms with Gasteiger partial charge in [-0.15, -0.1) is 0 Å². The van der Waals surface area contributed by atoms with Crippen molar-refractivity contribution in [1.82, 2.24) is 4.90 Å². The summed E-state index contributed by atoms with van der Waals surface area (Å²) in [7, 11) is 0. The second-order valence-electron chi connectivity index (χ2n) is 3.93. The quantitative estimate of drug-likeness (QED) is 0.561. The molecule has 1 aliphatic heterocycles. The highest BCUT2D eigenvalue weighted by Gasteiger charge is 2.68. The Morgan fingerprint density at radius 3 is 2.46 bits per heavy atom. The number of nitrogens with two attached hydrogens (primary N) is 2. The van der Waals surface area contributed by atoms with E-state index in [1.807, 2.05) is 0 Å². The number of amides is 2. The number of piperidine rings is 1. The first-order valence-corrected chi connectivity index (χ1v) is 4.33. The Bertz CT molecular complexity index is 291. The third kappa shape index (κ3) is 0.848. The molecule has 0 aromatic carbocycles. The van der Waals surface area contributed by atoms with E-state index < -0.39 is 17.6 Å². The van der Waals surface area contributed by atoms with Gasteiger partial charge in [0, 0.05) is 6.54 Å². The van der Waals surface area contributed by atoms with Gasteiger partial charge >= 0.3 is 6.03 Å². The molecule has 4 N–H and O–H groups in total. The molecule has 1 heterocycles. The number of rotatable bonds is 1. The maximum atomic E-state index is 11.3. The number of hydrogen-bond donors (Lipinski definition) is 2. The number of ketones is 1. The van der Waals surface area contributed by atoms with Crippen molar-refractivity contribution in [2.75, 3.05) is 6.54 Å². The molecule has 0 radical (unpaired) electrons. The number of primary amides is 1. The summed E-state index contributed by atoms with van der Waals surface area (Å²) < 4.78 is 0. The van der Waals surface area contributed by atoms with Crippen LogP contribution >= 0.6 is 0 Å². The Morgan fingerprint density at radius 1 is 1.54 bits per heavy atom. The van der Waals surface area contributed by atoms with Crippen LogP contribution in [0.1, 0.15) is 13.3 Å². The molecule has 2 aliphatic rings. The van der Waals surface area contributed by atoms with E-state index in [1.165, 1.54) is 11.8 Å². The van der Waals surface area contributed by atoms with Crippen LogP contribution < -0.4 is 11.5 Å². The van der Waals surface area contributed by atoms with Gasteiger partial charge in [0.2, 0.25) is 0 Å². The second-order valence-corrected chi connectivity index (χ2v) is 3.93. The van der Waals surface area contributed by atoms with E-state index in [9.17, 15) is 9.59 Å². The van der Waals surface area contributed by atoms with Gasteiger partial charge in [-0.3, -0.25) is 4.79 Å². The number of likely N-dealkylation sites (tertiary alicyclic amines) is 1. The van der Waals surface area contributed by atoms with Crippen molar-refractivity contribution in [3.8, 4) is 0 Å². The minimum atomic E-state index is -0.527. The maximum Gasteiger partial charge on any atom is 0.316 e. The van der Waals surface area contributed by atoms with Gasteiger partial charge in [0.05, 0.1) is 11.6 Å². The van der Waals surface area contributed by atoms with Crippen LogP contribution in [0.3, 0.4) is 0 Å². The van der Waals surface area contributed by atoms with Crippen LogP contribution in [0.15, 0.2) is 0 Å². The molecule has 1 aliphatic carbocycles. The number of nitrogens with zero attached hydrogens (tertiary/aromatic N) is 1. The zero-order valence-corrected chi connectivity index (χ0v) is 7.49. The van der Waals surface area contributed by atoms with Crippen LogP contribution in [0.4, 0.5) is 4.79 Å². The van der Waals surface area contributed by atoms with Crippen LogP contribution in [0.2, 0.25) is 0 Å². The molecule has 3 unspecified atom stereocenters. The highest BCUT2D eigenvalue weighted by atomic mass is 16.2. The normalized spacial score (nSPS) is 41.5. The summed E-state index contributed by atoms with van der Waals surface area (Å²) in [5.74, 6) is 0.321. The number of fused-ring (bicyclic) bond motifs is 1. The summed E-state index contributed by atoms with van der Waals surface area (Å²) in [6, 6.07) is -0.527. The Kier molecular flexibility index (Phi) is 1.46. The summed E-state index contributed by atoms with van der Waals surface area (Å²) in [5, 5.41) is 0. The first-order chi connectivity index (χ1) is 6.00. The molecule has 2 fully saturated rings. The third-order valence-electron chi connectivity index (χ3n) is 3.37. The highest BCUT2D eigenvalue weighted by Crippen LogP contribution is 2.60. The summed E-state index contributed by atoms with van der Waals surface area (Å²) in [4.78, 5) is 23.6. The smallest absolute Gasteiger partial charge is 0.316 e. The number of Topliss-reactive ketones (excluding diaryl/α,β-unsaturated/α-hetero) is 1. The van der Waals surface area contributed by atoms with Crippen LogP contribution in [0, 0.1) is 11.3 Å². The molecule has 72 valence electrons. The van der Waals surface area contributed by atoms with Gasteiger partial charge in [0.25, 0.3) is 0 Å². The molecule has 0 spiro atoms. The second kappa shape index (κ2) is 2.23. The van der Waals surface area contributed by atoms with E-state index in [0.717, 1.165) is 6.42 Å². The van der Waals surface area contributed by atoms with Gasteiger partial charge in [0.15, 0.2) is 0 Å². The van der Waals surface area contributed by atoms with Gasteiger partial charge in [-0.25, -0.2) is 4.79 Å². The lowest BCUT2D eigenvalue weighted by Gasteiger charge is -2.25. The van der Waals surface area contributed by atoms with E-state index in [-0.39, 0.29) is 11.7 Å². The Hall–Kier alpha value is -1.10. The summed E-state index contributed by atoms with van der Waals surface area (Å²) in [5.41, 5.74) is 10.5. The van der Waals surface area contributed by atoms with Crippen molar-refractivity contribution < 1.29 is 9.59 Å². The fourth-order valence-corrected chi connectivity index (χ4v) is 2.43. The molecule has 0 aromatic heterocycles. The van der Waals surface area contributed by atoms with E-state index in [1.54, 1.807) is 0 Å². The molecule has 5 nitrogen and oxygen atoms in total. The van der Waals surface area contributed by atoms with Crippen LogP contribution in [0.25, 0.3) is 0 Å². The van der Waals surface area contributed by atoms with Crippen molar-refractivity contribution >= 4 is 11.8 Å². The largest absolute Gasteiger partial charge is 0.351 e. The minimum absolute atomic E-state index is 0.0775. The van der Waals surface area contributed by atoms with E-state index in [2.05, 4.69) is 0 Å².